The van der Waals surface area contributed by atoms with Crippen molar-refractivity contribution in [3.63, 3.8) is 0 Å². The van der Waals surface area contributed by atoms with E-state index in [0.717, 1.165) is 11.4 Å². The first-order chi connectivity index (χ1) is 7.16. The zero-order valence-corrected chi connectivity index (χ0v) is 9.02. The molecule has 78 valence electrons. The summed E-state index contributed by atoms with van der Waals surface area (Å²) in [6.07, 6.45) is 3.05. The largest absolute Gasteiger partial charge is 0.321 e. The molecule has 0 aliphatic rings. The lowest BCUT2D eigenvalue weighted by Gasteiger charge is -2.02. The minimum absolute atomic E-state index is 0.161. The monoisotopic (exact) mass is 224 g/mol. The third-order valence-corrected chi connectivity index (χ3v) is 2.21. The summed E-state index contributed by atoms with van der Waals surface area (Å²) in [4.78, 5) is 11.5. The zero-order chi connectivity index (χ0) is 10.8. The Morgan fingerprint density at radius 1 is 1.40 bits per heavy atom. The van der Waals surface area contributed by atoms with Crippen molar-refractivity contribution in [3.8, 4) is 0 Å². The predicted octanol–water partition coefficient (Wildman–Crippen LogP) is 1.31. The van der Waals surface area contributed by atoms with Gasteiger partial charge in [-0.25, -0.2) is 9.97 Å². The highest BCUT2D eigenvalue weighted by Gasteiger charge is 2.05. The van der Waals surface area contributed by atoms with Crippen LogP contribution in [-0.4, -0.2) is 24.7 Å². The van der Waals surface area contributed by atoms with E-state index in [2.05, 4.69) is 25.4 Å². The summed E-state index contributed by atoms with van der Waals surface area (Å²) in [6.45, 7) is 1.94. The molecule has 7 heteroatoms. The molecule has 15 heavy (non-hydrogen) atoms. The first kappa shape index (κ1) is 9.85. The average molecular weight is 225 g/mol. The summed E-state index contributed by atoms with van der Waals surface area (Å²) in [6, 6.07) is 0. The second kappa shape index (κ2) is 3.82. The maximum atomic E-state index is 5.63. The smallest absolute Gasteiger partial charge is 0.231 e. The Labute approximate surface area is 91.3 Å². The number of aromatic nitrogens is 5. The summed E-state index contributed by atoms with van der Waals surface area (Å²) in [5.41, 5.74) is 1.84. The molecule has 2 aromatic rings. The molecule has 0 aliphatic heterocycles. The minimum atomic E-state index is 0.161. The van der Waals surface area contributed by atoms with Gasteiger partial charge in [-0.2, -0.15) is 10.1 Å². The lowest BCUT2D eigenvalue weighted by atomic mass is 10.4. The summed E-state index contributed by atoms with van der Waals surface area (Å²) >= 11 is 5.63. The molecule has 2 rings (SSSR count). The quantitative estimate of drug-likeness (QED) is 0.833. The van der Waals surface area contributed by atoms with Gasteiger partial charge in [-0.15, -0.1) is 0 Å². The molecule has 0 aliphatic carbocycles. The molecule has 0 bridgehead atoms. The molecular weight excluding hydrogens is 216 g/mol. The third kappa shape index (κ3) is 2.04. The molecule has 2 heterocycles. The molecule has 2 aromatic heterocycles. The fraction of sp³-hybridized carbons (Fsp3) is 0.250. The number of aryl methyl sites for hydroxylation is 1. The van der Waals surface area contributed by atoms with Crippen LogP contribution in [0.15, 0.2) is 12.5 Å². The molecule has 0 radical (unpaired) electrons. The van der Waals surface area contributed by atoms with Crippen molar-refractivity contribution >= 4 is 23.2 Å². The topological polar surface area (TPSA) is 68.5 Å². The molecule has 0 spiro atoms. The van der Waals surface area contributed by atoms with Crippen molar-refractivity contribution in [3.05, 3.63) is 23.5 Å². The van der Waals surface area contributed by atoms with Crippen LogP contribution in [0.2, 0.25) is 5.28 Å². The highest BCUT2D eigenvalue weighted by atomic mass is 35.5. The van der Waals surface area contributed by atoms with Gasteiger partial charge < -0.3 is 5.32 Å². The maximum Gasteiger partial charge on any atom is 0.231 e. The second-order valence-corrected chi connectivity index (χ2v) is 3.31. The summed E-state index contributed by atoms with van der Waals surface area (Å²) < 4.78 is 1.76. The molecular formula is C8H9ClN6. The normalized spacial score (nSPS) is 10.3. The van der Waals surface area contributed by atoms with Crippen molar-refractivity contribution in [2.45, 2.75) is 6.92 Å². The number of hydrogen-bond acceptors (Lipinski definition) is 5. The van der Waals surface area contributed by atoms with Gasteiger partial charge >= 0.3 is 0 Å². The number of nitrogens with one attached hydrogen (secondary N) is 1. The molecule has 0 atom stereocenters. The third-order valence-electron chi connectivity index (χ3n) is 2.02. The van der Waals surface area contributed by atoms with E-state index in [-0.39, 0.29) is 5.28 Å². The molecule has 0 saturated heterocycles. The van der Waals surface area contributed by atoms with E-state index in [1.165, 1.54) is 6.33 Å². The fourth-order valence-corrected chi connectivity index (χ4v) is 1.20. The summed E-state index contributed by atoms with van der Waals surface area (Å²) in [7, 11) is 1.86. The summed E-state index contributed by atoms with van der Waals surface area (Å²) in [5.74, 6) is 0.408. The van der Waals surface area contributed by atoms with Gasteiger partial charge in [0.25, 0.3) is 0 Å². The van der Waals surface area contributed by atoms with Gasteiger partial charge in [0.15, 0.2) is 0 Å². The molecule has 6 nitrogen and oxygen atoms in total. The van der Waals surface area contributed by atoms with Crippen LogP contribution in [0.25, 0.3) is 0 Å². The first-order valence-electron chi connectivity index (χ1n) is 4.27. The van der Waals surface area contributed by atoms with E-state index < -0.39 is 0 Å². The van der Waals surface area contributed by atoms with Gasteiger partial charge in [0.2, 0.25) is 11.2 Å². The Morgan fingerprint density at radius 3 is 2.80 bits per heavy atom. The molecule has 0 saturated carbocycles. The van der Waals surface area contributed by atoms with Crippen LogP contribution in [0.3, 0.4) is 0 Å². The SMILES string of the molecule is Cc1c(Nc2ncnc(Cl)n2)cnn1C. The van der Waals surface area contributed by atoms with E-state index in [9.17, 15) is 0 Å². The van der Waals surface area contributed by atoms with E-state index >= 15 is 0 Å². The molecule has 0 fully saturated rings. The second-order valence-electron chi connectivity index (χ2n) is 2.97. The fourth-order valence-electron chi connectivity index (χ4n) is 1.08. The number of nitrogens with zero attached hydrogens (tertiary/aromatic N) is 5. The van der Waals surface area contributed by atoms with Crippen LogP contribution < -0.4 is 5.32 Å². The Kier molecular flexibility index (Phi) is 2.51. The van der Waals surface area contributed by atoms with Crippen LogP contribution in [0, 0.1) is 6.92 Å². The van der Waals surface area contributed by atoms with Crippen molar-refractivity contribution < 1.29 is 0 Å². The Morgan fingerprint density at radius 2 is 2.20 bits per heavy atom. The number of anilines is 2. The molecule has 0 aromatic carbocycles. The van der Waals surface area contributed by atoms with E-state index in [0.29, 0.717) is 5.95 Å². The maximum absolute atomic E-state index is 5.63. The Bertz CT molecular complexity index is 480. The molecule has 0 amide bonds. The number of rotatable bonds is 2. The summed E-state index contributed by atoms with van der Waals surface area (Å²) in [5, 5.41) is 7.25. The lowest BCUT2D eigenvalue weighted by molar-refractivity contribution is 0.740. The van der Waals surface area contributed by atoms with Crippen molar-refractivity contribution in [1.29, 1.82) is 0 Å². The highest BCUT2D eigenvalue weighted by Crippen LogP contribution is 2.16. The van der Waals surface area contributed by atoms with Crippen molar-refractivity contribution in [2.24, 2.45) is 7.05 Å². The van der Waals surface area contributed by atoms with Crippen LogP contribution in [0.1, 0.15) is 5.69 Å². The van der Waals surface area contributed by atoms with Crippen LogP contribution in [0.5, 0.6) is 0 Å². The van der Waals surface area contributed by atoms with Crippen LogP contribution >= 0.6 is 11.6 Å². The molecule has 0 unspecified atom stereocenters. The first-order valence-corrected chi connectivity index (χ1v) is 4.65. The number of hydrogen-bond donors (Lipinski definition) is 1. The standard InChI is InChI=1S/C8H9ClN6/c1-5-6(3-12-15(5)2)13-8-11-4-10-7(9)14-8/h3-4H,1-2H3,(H,10,11,13,14). The van der Waals surface area contributed by atoms with Crippen LogP contribution in [0.4, 0.5) is 11.6 Å². The van der Waals surface area contributed by atoms with Gasteiger partial charge in [0.1, 0.15) is 6.33 Å². The minimum Gasteiger partial charge on any atom is -0.321 e. The lowest BCUT2D eigenvalue weighted by Crippen LogP contribution is -1.99. The Hall–Kier alpha value is -1.69. The van der Waals surface area contributed by atoms with Gasteiger partial charge in [-0.1, -0.05) is 0 Å². The van der Waals surface area contributed by atoms with E-state index in [1.54, 1.807) is 10.9 Å². The van der Waals surface area contributed by atoms with Crippen molar-refractivity contribution in [2.75, 3.05) is 5.32 Å². The average Bonchev–Trinajstić information content (AvgIpc) is 2.50. The number of halogens is 1. The van der Waals surface area contributed by atoms with E-state index in [4.69, 9.17) is 11.6 Å². The van der Waals surface area contributed by atoms with E-state index in [1.807, 2.05) is 14.0 Å². The van der Waals surface area contributed by atoms with Crippen molar-refractivity contribution in [1.82, 2.24) is 24.7 Å². The van der Waals surface area contributed by atoms with Gasteiger partial charge in [0, 0.05) is 7.05 Å². The van der Waals surface area contributed by atoms with Gasteiger partial charge in [-0.3, -0.25) is 4.68 Å². The van der Waals surface area contributed by atoms with Gasteiger partial charge in [0.05, 0.1) is 17.6 Å². The van der Waals surface area contributed by atoms with Gasteiger partial charge in [-0.05, 0) is 18.5 Å². The molecule has 1 N–H and O–H groups in total. The highest BCUT2D eigenvalue weighted by molar-refractivity contribution is 6.28. The Balaban J connectivity index is 2.26. The predicted molar refractivity (Wildman–Crippen MR) is 56.1 cm³/mol. The zero-order valence-electron chi connectivity index (χ0n) is 8.27. The van der Waals surface area contributed by atoms with Crippen LogP contribution in [-0.2, 0) is 7.05 Å².